The van der Waals surface area contributed by atoms with Gasteiger partial charge in [-0.2, -0.15) is 0 Å². The molecule has 0 saturated heterocycles. The standard InChI is InChI=1S/C49H33N5O/c1-49(2)39-22-9-6-18-34(39)35-27-26-32(29-40(35)49)46-51-45(52-47(53-46)38-21-13-23-41-44(38)55-48(50-41)30-14-4-3-5-15-30)31-16-12-17-33(28-31)54-42-24-10-7-19-36(42)37-20-8-11-25-43(37)54/h3-29H,1-2H3. The third-order valence-corrected chi connectivity index (χ3v) is 11.1. The van der Waals surface area contributed by atoms with E-state index in [4.69, 9.17) is 24.4 Å². The van der Waals surface area contributed by atoms with Crippen molar-refractivity contribution in [3.63, 3.8) is 0 Å². The summed E-state index contributed by atoms with van der Waals surface area (Å²) in [5, 5.41) is 2.43. The van der Waals surface area contributed by atoms with E-state index in [-0.39, 0.29) is 5.41 Å². The van der Waals surface area contributed by atoms with Crippen LogP contribution in [0.3, 0.4) is 0 Å². The maximum Gasteiger partial charge on any atom is 0.227 e. The van der Waals surface area contributed by atoms with Crippen LogP contribution in [0.4, 0.5) is 0 Å². The summed E-state index contributed by atoms with van der Waals surface area (Å²) in [6.45, 7) is 4.58. The molecule has 6 nitrogen and oxygen atoms in total. The van der Waals surface area contributed by atoms with Gasteiger partial charge in [-0.25, -0.2) is 19.9 Å². The summed E-state index contributed by atoms with van der Waals surface area (Å²) in [7, 11) is 0. The lowest BCUT2D eigenvalue weighted by Gasteiger charge is -2.21. The van der Waals surface area contributed by atoms with Crippen LogP contribution in [0.25, 0.3) is 95.3 Å². The average molecular weight is 708 g/mol. The lowest BCUT2D eigenvalue weighted by Crippen LogP contribution is -2.15. The minimum atomic E-state index is -0.170. The molecule has 11 rings (SSSR count). The van der Waals surface area contributed by atoms with Gasteiger partial charge in [0.15, 0.2) is 23.1 Å². The minimum absolute atomic E-state index is 0.170. The highest BCUT2D eigenvalue weighted by molar-refractivity contribution is 6.09. The Labute approximate surface area is 317 Å². The molecule has 55 heavy (non-hydrogen) atoms. The third-order valence-electron chi connectivity index (χ3n) is 11.1. The maximum absolute atomic E-state index is 6.49. The molecule has 10 aromatic rings. The first-order valence-corrected chi connectivity index (χ1v) is 18.6. The van der Waals surface area contributed by atoms with Crippen molar-refractivity contribution >= 4 is 32.9 Å². The second-order valence-electron chi connectivity index (χ2n) is 14.7. The van der Waals surface area contributed by atoms with E-state index in [0.29, 0.717) is 28.9 Å². The zero-order valence-electron chi connectivity index (χ0n) is 30.2. The number of para-hydroxylation sites is 3. The highest BCUT2D eigenvalue weighted by Crippen LogP contribution is 2.49. The van der Waals surface area contributed by atoms with Crippen LogP contribution in [0.15, 0.2) is 168 Å². The van der Waals surface area contributed by atoms with Crippen molar-refractivity contribution in [2.24, 2.45) is 0 Å². The van der Waals surface area contributed by atoms with Crippen LogP contribution in [0, 0.1) is 0 Å². The van der Waals surface area contributed by atoms with Crippen LogP contribution in [-0.4, -0.2) is 24.5 Å². The van der Waals surface area contributed by atoms with Gasteiger partial charge in [0.1, 0.15) is 5.52 Å². The van der Waals surface area contributed by atoms with Gasteiger partial charge in [-0.05, 0) is 76.9 Å². The van der Waals surface area contributed by atoms with E-state index in [2.05, 4.69) is 134 Å². The molecule has 6 heteroatoms. The highest BCUT2D eigenvalue weighted by Gasteiger charge is 2.35. The van der Waals surface area contributed by atoms with Crippen LogP contribution in [-0.2, 0) is 5.41 Å². The van der Waals surface area contributed by atoms with Gasteiger partial charge in [-0.3, -0.25) is 0 Å². The molecule has 0 spiro atoms. The summed E-state index contributed by atoms with van der Waals surface area (Å²) < 4.78 is 8.81. The van der Waals surface area contributed by atoms with Gasteiger partial charge in [0, 0.05) is 38.6 Å². The smallest absolute Gasteiger partial charge is 0.227 e. The van der Waals surface area contributed by atoms with E-state index in [1.165, 1.54) is 33.0 Å². The number of hydrogen-bond acceptors (Lipinski definition) is 5. The number of hydrogen-bond donors (Lipinski definition) is 0. The summed E-state index contributed by atoms with van der Waals surface area (Å²) >= 11 is 0. The SMILES string of the molecule is CC1(C)c2ccccc2-c2ccc(-c3nc(-c4cccc(-n5c6ccccc6c6ccccc65)c4)nc(-c4cccc5nc(-c6ccccc6)oc45)n3)cc21. The lowest BCUT2D eigenvalue weighted by molar-refractivity contribution is 0.620. The molecule has 0 unspecified atom stereocenters. The Morgan fingerprint density at radius 1 is 0.455 bits per heavy atom. The lowest BCUT2D eigenvalue weighted by atomic mass is 9.82. The summed E-state index contributed by atoms with van der Waals surface area (Å²) in [4.78, 5) is 20.5. The monoisotopic (exact) mass is 707 g/mol. The number of aromatic nitrogens is 5. The number of fused-ring (bicyclic) bond motifs is 7. The Bertz CT molecular complexity index is 3080. The maximum atomic E-state index is 6.49. The molecule has 0 radical (unpaired) electrons. The highest BCUT2D eigenvalue weighted by atomic mass is 16.3. The van der Waals surface area contributed by atoms with Crippen LogP contribution < -0.4 is 0 Å². The van der Waals surface area contributed by atoms with Crippen molar-refractivity contribution in [1.29, 1.82) is 0 Å². The average Bonchev–Trinajstić information content (AvgIpc) is 3.90. The number of oxazole rings is 1. The number of rotatable bonds is 5. The fourth-order valence-corrected chi connectivity index (χ4v) is 8.41. The van der Waals surface area contributed by atoms with Gasteiger partial charge in [-0.15, -0.1) is 0 Å². The Kier molecular flexibility index (Phi) is 6.79. The number of benzene rings is 7. The molecular weight excluding hydrogens is 675 g/mol. The first kappa shape index (κ1) is 31.4. The van der Waals surface area contributed by atoms with Crippen molar-refractivity contribution in [3.05, 3.63) is 175 Å². The molecule has 0 amide bonds. The third kappa shape index (κ3) is 4.88. The van der Waals surface area contributed by atoms with Gasteiger partial charge < -0.3 is 8.98 Å². The largest absolute Gasteiger partial charge is 0.435 e. The molecule has 0 bridgehead atoms. The van der Waals surface area contributed by atoms with Crippen molar-refractivity contribution in [2.45, 2.75) is 19.3 Å². The van der Waals surface area contributed by atoms with Gasteiger partial charge in [0.05, 0.1) is 16.6 Å². The molecule has 260 valence electrons. The zero-order chi connectivity index (χ0) is 36.7. The van der Waals surface area contributed by atoms with Gasteiger partial charge in [-0.1, -0.05) is 123 Å². The van der Waals surface area contributed by atoms with E-state index in [9.17, 15) is 0 Å². The van der Waals surface area contributed by atoms with Crippen LogP contribution in [0.2, 0.25) is 0 Å². The molecule has 7 aromatic carbocycles. The summed E-state index contributed by atoms with van der Waals surface area (Å²) in [6.07, 6.45) is 0. The Balaban J connectivity index is 1.12. The van der Waals surface area contributed by atoms with Gasteiger partial charge in [0.25, 0.3) is 0 Å². The van der Waals surface area contributed by atoms with E-state index in [1.807, 2.05) is 48.5 Å². The second kappa shape index (κ2) is 11.9. The minimum Gasteiger partial charge on any atom is -0.435 e. The molecule has 0 atom stereocenters. The number of nitrogens with zero attached hydrogens (tertiary/aromatic N) is 5. The van der Waals surface area contributed by atoms with Gasteiger partial charge >= 0.3 is 0 Å². The van der Waals surface area contributed by atoms with Crippen molar-refractivity contribution in [2.75, 3.05) is 0 Å². The van der Waals surface area contributed by atoms with Crippen molar-refractivity contribution < 1.29 is 4.42 Å². The fourth-order valence-electron chi connectivity index (χ4n) is 8.41. The summed E-state index contributed by atoms with van der Waals surface area (Å²) in [6, 6.07) is 56.8. The molecule has 3 heterocycles. The summed E-state index contributed by atoms with van der Waals surface area (Å²) in [5.74, 6) is 2.24. The first-order valence-electron chi connectivity index (χ1n) is 18.6. The van der Waals surface area contributed by atoms with E-state index in [1.54, 1.807) is 0 Å². The summed E-state index contributed by atoms with van der Waals surface area (Å²) in [5.41, 5.74) is 13.1. The van der Waals surface area contributed by atoms with E-state index >= 15 is 0 Å². The van der Waals surface area contributed by atoms with E-state index < -0.39 is 0 Å². The topological polar surface area (TPSA) is 69.6 Å². The second-order valence-corrected chi connectivity index (χ2v) is 14.7. The molecule has 0 fully saturated rings. The molecule has 0 aliphatic heterocycles. The van der Waals surface area contributed by atoms with Gasteiger partial charge in [0.2, 0.25) is 5.89 Å². The molecular formula is C49H33N5O. The normalized spacial score (nSPS) is 13.1. The Morgan fingerprint density at radius 3 is 1.84 bits per heavy atom. The van der Waals surface area contributed by atoms with Crippen LogP contribution >= 0.6 is 0 Å². The molecule has 0 N–H and O–H groups in total. The van der Waals surface area contributed by atoms with Crippen LogP contribution in [0.1, 0.15) is 25.0 Å². The van der Waals surface area contributed by atoms with E-state index in [0.717, 1.165) is 44.5 Å². The molecule has 1 aliphatic rings. The molecule has 3 aromatic heterocycles. The van der Waals surface area contributed by atoms with Crippen molar-refractivity contribution in [1.82, 2.24) is 24.5 Å². The predicted molar refractivity (Wildman–Crippen MR) is 221 cm³/mol. The fraction of sp³-hybridized carbons (Fsp3) is 0.0612. The Morgan fingerprint density at radius 2 is 1.05 bits per heavy atom. The molecule has 1 aliphatic carbocycles. The zero-order valence-corrected chi connectivity index (χ0v) is 30.2. The van der Waals surface area contributed by atoms with Crippen molar-refractivity contribution in [3.8, 4) is 62.4 Å². The Hall–Kier alpha value is -7.18. The quantitative estimate of drug-likeness (QED) is 0.178. The van der Waals surface area contributed by atoms with Crippen LogP contribution in [0.5, 0.6) is 0 Å². The molecule has 0 saturated carbocycles. The first-order chi connectivity index (χ1) is 27.0. The predicted octanol–water partition coefficient (Wildman–Crippen LogP) is 12.1.